The second-order valence-electron chi connectivity index (χ2n) is 6.07. The van der Waals surface area contributed by atoms with Gasteiger partial charge in [0, 0.05) is 24.4 Å². The highest BCUT2D eigenvalue weighted by atomic mass is 32.2. The predicted octanol–water partition coefficient (Wildman–Crippen LogP) is 2.84. The Kier molecular flexibility index (Phi) is 5.02. The summed E-state index contributed by atoms with van der Waals surface area (Å²) in [5.74, 6) is 0.957. The lowest BCUT2D eigenvalue weighted by molar-refractivity contribution is 0.341. The molecule has 1 N–H and O–H groups in total. The second kappa shape index (κ2) is 7.20. The van der Waals surface area contributed by atoms with Crippen LogP contribution in [0.25, 0.3) is 6.08 Å². The monoisotopic (exact) mass is 343 g/mol. The number of fused-ring (bicyclic) bond motifs is 1. The van der Waals surface area contributed by atoms with Crippen molar-refractivity contribution < 1.29 is 13.2 Å². The van der Waals surface area contributed by atoms with Crippen LogP contribution in [-0.4, -0.2) is 33.6 Å². The van der Waals surface area contributed by atoms with Crippen molar-refractivity contribution in [2.75, 3.05) is 25.2 Å². The van der Waals surface area contributed by atoms with Crippen LogP contribution in [0.2, 0.25) is 0 Å². The van der Waals surface area contributed by atoms with E-state index in [-0.39, 0.29) is 11.8 Å². The number of sulfone groups is 1. The van der Waals surface area contributed by atoms with E-state index in [0.717, 1.165) is 22.4 Å². The van der Waals surface area contributed by atoms with Gasteiger partial charge in [-0.2, -0.15) is 0 Å². The van der Waals surface area contributed by atoms with Crippen LogP contribution in [0.4, 0.5) is 0 Å². The van der Waals surface area contributed by atoms with E-state index in [9.17, 15) is 8.42 Å². The summed E-state index contributed by atoms with van der Waals surface area (Å²) >= 11 is 0. The number of hydrogen-bond acceptors (Lipinski definition) is 4. The van der Waals surface area contributed by atoms with Crippen LogP contribution in [-0.2, 0) is 9.84 Å². The van der Waals surface area contributed by atoms with Crippen molar-refractivity contribution in [3.63, 3.8) is 0 Å². The first-order valence-corrected chi connectivity index (χ1v) is 9.95. The van der Waals surface area contributed by atoms with E-state index in [0.29, 0.717) is 13.2 Å². The SMILES string of the molecule is CS(=O)(=O)CC(NCC1=Cc2ccccc2OC1)c1ccccc1. The van der Waals surface area contributed by atoms with Gasteiger partial charge < -0.3 is 10.1 Å². The maximum Gasteiger partial charge on any atom is 0.149 e. The molecule has 0 saturated heterocycles. The van der Waals surface area contributed by atoms with Gasteiger partial charge in [0.25, 0.3) is 0 Å². The fourth-order valence-corrected chi connectivity index (χ4v) is 3.70. The van der Waals surface area contributed by atoms with Gasteiger partial charge in [-0.05, 0) is 23.3 Å². The molecule has 0 spiro atoms. The van der Waals surface area contributed by atoms with Crippen LogP contribution in [0.5, 0.6) is 5.75 Å². The fourth-order valence-electron chi connectivity index (χ4n) is 2.78. The van der Waals surface area contributed by atoms with Crippen LogP contribution in [0.3, 0.4) is 0 Å². The van der Waals surface area contributed by atoms with Crippen LogP contribution >= 0.6 is 0 Å². The highest BCUT2D eigenvalue weighted by Gasteiger charge is 2.18. The number of para-hydroxylation sites is 1. The molecule has 1 aliphatic rings. The first-order valence-electron chi connectivity index (χ1n) is 7.88. The largest absolute Gasteiger partial charge is 0.489 e. The molecule has 5 heteroatoms. The first kappa shape index (κ1) is 16.7. The average Bonchev–Trinajstić information content (AvgIpc) is 2.58. The number of rotatable bonds is 6. The van der Waals surface area contributed by atoms with Crippen LogP contribution in [0.15, 0.2) is 60.2 Å². The van der Waals surface area contributed by atoms with E-state index < -0.39 is 9.84 Å². The third-order valence-corrected chi connectivity index (χ3v) is 4.88. The molecule has 0 radical (unpaired) electrons. The lowest BCUT2D eigenvalue weighted by Crippen LogP contribution is -2.30. The van der Waals surface area contributed by atoms with Gasteiger partial charge in [0.1, 0.15) is 22.2 Å². The third kappa shape index (κ3) is 4.46. The van der Waals surface area contributed by atoms with Gasteiger partial charge in [-0.1, -0.05) is 48.5 Å². The van der Waals surface area contributed by atoms with Gasteiger partial charge in [0.15, 0.2) is 0 Å². The molecule has 0 aliphatic carbocycles. The van der Waals surface area contributed by atoms with Crippen molar-refractivity contribution in [2.45, 2.75) is 6.04 Å². The van der Waals surface area contributed by atoms with Crippen molar-refractivity contribution in [3.8, 4) is 5.75 Å². The Morgan fingerprint density at radius 2 is 1.79 bits per heavy atom. The Labute approximate surface area is 143 Å². The van der Waals surface area contributed by atoms with E-state index in [4.69, 9.17) is 4.74 Å². The molecule has 2 aromatic rings. The summed E-state index contributed by atoms with van der Waals surface area (Å²) in [7, 11) is -3.09. The summed E-state index contributed by atoms with van der Waals surface area (Å²) in [6, 6.07) is 17.3. The van der Waals surface area contributed by atoms with E-state index in [2.05, 4.69) is 11.4 Å². The van der Waals surface area contributed by atoms with Gasteiger partial charge in [-0.3, -0.25) is 0 Å². The molecule has 2 aromatic carbocycles. The molecule has 1 unspecified atom stereocenters. The third-order valence-electron chi connectivity index (χ3n) is 3.94. The molecule has 0 amide bonds. The Morgan fingerprint density at radius 1 is 1.08 bits per heavy atom. The molecule has 3 rings (SSSR count). The fraction of sp³-hybridized carbons (Fsp3) is 0.263. The molecule has 126 valence electrons. The minimum atomic E-state index is -3.09. The van der Waals surface area contributed by atoms with Crippen molar-refractivity contribution in [1.82, 2.24) is 5.32 Å². The number of hydrogen-bond donors (Lipinski definition) is 1. The van der Waals surface area contributed by atoms with Gasteiger partial charge in [0.05, 0.1) is 5.75 Å². The first-order chi connectivity index (χ1) is 11.5. The van der Waals surface area contributed by atoms with Crippen LogP contribution < -0.4 is 10.1 Å². The van der Waals surface area contributed by atoms with Gasteiger partial charge in [0.2, 0.25) is 0 Å². The smallest absolute Gasteiger partial charge is 0.149 e. The standard InChI is InChI=1S/C19H21NO3S/c1-24(21,22)14-18(16-7-3-2-4-8-16)20-12-15-11-17-9-5-6-10-19(17)23-13-15/h2-11,18,20H,12-14H2,1H3. The number of ether oxygens (including phenoxy) is 1. The maximum atomic E-state index is 11.8. The molecule has 0 bridgehead atoms. The van der Waals surface area contributed by atoms with Gasteiger partial charge in [-0.25, -0.2) is 8.42 Å². The summed E-state index contributed by atoms with van der Waals surface area (Å²) in [5.41, 5.74) is 3.13. The molecular formula is C19H21NO3S. The average molecular weight is 343 g/mol. The Morgan fingerprint density at radius 3 is 2.54 bits per heavy atom. The lowest BCUT2D eigenvalue weighted by atomic mass is 10.1. The highest BCUT2D eigenvalue weighted by Crippen LogP contribution is 2.25. The van der Waals surface area contributed by atoms with E-state index in [1.807, 2.05) is 54.6 Å². The topological polar surface area (TPSA) is 55.4 Å². The minimum absolute atomic E-state index is 0.0712. The summed E-state index contributed by atoms with van der Waals surface area (Å²) < 4.78 is 29.2. The molecule has 24 heavy (non-hydrogen) atoms. The summed E-state index contributed by atoms with van der Waals surface area (Å²) in [6.45, 7) is 1.10. The summed E-state index contributed by atoms with van der Waals surface area (Å²) in [4.78, 5) is 0. The molecule has 0 saturated carbocycles. The molecular weight excluding hydrogens is 322 g/mol. The zero-order valence-corrected chi connectivity index (χ0v) is 14.4. The Balaban J connectivity index is 1.74. The Hall–Kier alpha value is -2.11. The number of benzene rings is 2. The quantitative estimate of drug-likeness (QED) is 0.876. The maximum absolute atomic E-state index is 11.8. The van der Waals surface area contributed by atoms with Crippen molar-refractivity contribution in [2.24, 2.45) is 0 Å². The molecule has 4 nitrogen and oxygen atoms in total. The highest BCUT2D eigenvalue weighted by molar-refractivity contribution is 7.90. The van der Waals surface area contributed by atoms with Crippen LogP contribution in [0.1, 0.15) is 17.2 Å². The van der Waals surface area contributed by atoms with Crippen molar-refractivity contribution >= 4 is 15.9 Å². The normalized spacial score (nSPS) is 15.1. The van der Waals surface area contributed by atoms with Crippen molar-refractivity contribution in [3.05, 3.63) is 71.3 Å². The van der Waals surface area contributed by atoms with Crippen molar-refractivity contribution in [1.29, 1.82) is 0 Å². The predicted molar refractivity (Wildman–Crippen MR) is 96.8 cm³/mol. The minimum Gasteiger partial charge on any atom is -0.489 e. The molecule has 0 aromatic heterocycles. The van der Waals surface area contributed by atoms with Gasteiger partial charge >= 0.3 is 0 Å². The number of nitrogens with one attached hydrogen (secondary N) is 1. The van der Waals surface area contributed by atoms with E-state index in [1.54, 1.807) is 0 Å². The van der Waals surface area contributed by atoms with E-state index in [1.165, 1.54) is 6.26 Å². The zero-order valence-electron chi connectivity index (χ0n) is 13.6. The summed E-state index contributed by atoms with van der Waals surface area (Å²) in [6.07, 6.45) is 3.37. The zero-order chi connectivity index (χ0) is 17.0. The second-order valence-corrected chi connectivity index (χ2v) is 8.25. The summed E-state index contributed by atoms with van der Waals surface area (Å²) in [5, 5.41) is 3.37. The molecule has 1 atom stereocenters. The van der Waals surface area contributed by atoms with E-state index >= 15 is 0 Å². The lowest BCUT2D eigenvalue weighted by Gasteiger charge is -2.22. The molecule has 0 fully saturated rings. The molecule has 1 heterocycles. The van der Waals surface area contributed by atoms with Gasteiger partial charge in [-0.15, -0.1) is 0 Å². The van der Waals surface area contributed by atoms with Crippen LogP contribution in [0, 0.1) is 0 Å². The molecule has 1 aliphatic heterocycles. The Bertz CT molecular complexity index is 829.